The van der Waals surface area contributed by atoms with Crippen LogP contribution in [0.25, 0.3) is 0 Å². The summed E-state index contributed by atoms with van der Waals surface area (Å²) < 4.78 is 0. The van der Waals surface area contributed by atoms with Crippen molar-refractivity contribution >= 4 is 11.4 Å². The lowest BCUT2D eigenvalue weighted by molar-refractivity contribution is 0.761. The van der Waals surface area contributed by atoms with Crippen LogP contribution in [0, 0.1) is 6.92 Å². The standard InChI is InChI=1S/C15H17N3/c1-10-9-17-7-6-14(10)18-15-5-2-11-8-12(16)3-4-13(11)15/h3-4,6-9,15H,2,5,16H2,1H3,(H,17,18). The zero-order chi connectivity index (χ0) is 12.5. The third-order valence-corrected chi connectivity index (χ3v) is 3.59. The summed E-state index contributed by atoms with van der Waals surface area (Å²) in [5.74, 6) is 0. The average molecular weight is 239 g/mol. The normalized spacial score (nSPS) is 17.5. The molecular formula is C15H17N3. The molecule has 1 aliphatic rings. The SMILES string of the molecule is Cc1cnccc1NC1CCc2cc(N)ccc21. The van der Waals surface area contributed by atoms with E-state index in [0.717, 1.165) is 18.5 Å². The van der Waals surface area contributed by atoms with Gasteiger partial charge in [-0.25, -0.2) is 0 Å². The van der Waals surface area contributed by atoms with Gasteiger partial charge >= 0.3 is 0 Å². The largest absolute Gasteiger partial charge is 0.399 e. The Hall–Kier alpha value is -2.03. The van der Waals surface area contributed by atoms with Crippen molar-refractivity contribution in [3.63, 3.8) is 0 Å². The number of hydrogen-bond acceptors (Lipinski definition) is 3. The second-order valence-electron chi connectivity index (χ2n) is 4.88. The van der Waals surface area contributed by atoms with E-state index >= 15 is 0 Å². The number of aryl methyl sites for hydroxylation is 2. The molecule has 1 aromatic carbocycles. The van der Waals surface area contributed by atoms with Gasteiger partial charge in [0.2, 0.25) is 0 Å². The van der Waals surface area contributed by atoms with Crippen LogP contribution in [-0.2, 0) is 6.42 Å². The molecule has 1 heterocycles. The third-order valence-electron chi connectivity index (χ3n) is 3.59. The van der Waals surface area contributed by atoms with Gasteiger partial charge in [-0.05, 0) is 54.7 Å². The number of benzene rings is 1. The molecule has 3 N–H and O–H groups in total. The quantitative estimate of drug-likeness (QED) is 0.792. The van der Waals surface area contributed by atoms with Gasteiger partial charge in [-0.1, -0.05) is 6.07 Å². The fraction of sp³-hybridized carbons (Fsp3) is 0.267. The predicted molar refractivity (Wildman–Crippen MR) is 74.5 cm³/mol. The van der Waals surface area contributed by atoms with Crippen LogP contribution in [0.5, 0.6) is 0 Å². The van der Waals surface area contributed by atoms with Crippen molar-refractivity contribution in [2.45, 2.75) is 25.8 Å². The molecule has 0 aliphatic heterocycles. The number of nitrogen functional groups attached to an aromatic ring is 1. The lowest BCUT2D eigenvalue weighted by Gasteiger charge is -2.17. The Bertz CT molecular complexity index is 578. The summed E-state index contributed by atoms with van der Waals surface area (Å²) in [5.41, 5.74) is 11.8. The van der Waals surface area contributed by atoms with Crippen molar-refractivity contribution in [1.29, 1.82) is 0 Å². The van der Waals surface area contributed by atoms with E-state index in [2.05, 4.69) is 29.4 Å². The van der Waals surface area contributed by atoms with Crippen LogP contribution >= 0.6 is 0 Å². The van der Waals surface area contributed by atoms with E-state index in [-0.39, 0.29) is 0 Å². The molecule has 0 radical (unpaired) electrons. The van der Waals surface area contributed by atoms with Gasteiger partial charge in [-0.3, -0.25) is 4.98 Å². The summed E-state index contributed by atoms with van der Waals surface area (Å²) >= 11 is 0. The minimum atomic E-state index is 0.390. The summed E-state index contributed by atoms with van der Waals surface area (Å²) in [5, 5.41) is 3.60. The molecule has 18 heavy (non-hydrogen) atoms. The van der Waals surface area contributed by atoms with Gasteiger partial charge in [0.25, 0.3) is 0 Å². The van der Waals surface area contributed by atoms with Gasteiger partial charge in [-0.2, -0.15) is 0 Å². The first-order chi connectivity index (χ1) is 8.74. The minimum Gasteiger partial charge on any atom is -0.399 e. The molecule has 1 atom stereocenters. The van der Waals surface area contributed by atoms with Gasteiger partial charge < -0.3 is 11.1 Å². The number of nitrogens with two attached hydrogens (primary N) is 1. The number of anilines is 2. The van der Waals surface area contributed by atoms with Crippen LogP contribution in [0.2, 0.25) is 0 Å². The third kappa shape index (κ3) is 1.92. The van der Waals surface area contributed by atoms with E-state index in [0.29, 0.717) is 6.04 Å². The smallest absolute Gasteiger partial charge is 0.0519 e. The average Bonchev–Trinajstić information content (AvgIpc) is 2.74. The highest BCUT2D eigenvalue weighted by Crippen LogP contribution is 2.35. The summed E-state index contributed by atoms with van der Waals surface area (Å²) in [6.45, 7) is 2.08. The molecule has 3 rings (SSSR count). The van der Waals surface area contributed by atoms with Crippen LogP contribution in [0.15, 0.2) is 36.7 Å². The molecule has 0 amide bonds. The zero-order valence-electron chi connectivity index (χ0n) is 10.5. The number of nitrogens with zero attached hydrogens (tertiary/aromatic N) is 1. The summed E-state index contributed by atoms with van der Waals surface area (Å²) in [7, 11) is 0. The van der Waals surface area contributed by atoms with Crippen LogP contribution in [-0.4, -0.2) is 4.98 Å². The molecule has 3 heteroatoms. The molecule has 1 aliphatic carbocycles. The van der Waals surface area contributed by atoms with Crippen molar-refractivity contribution in [2.75, 3.05) is 11.1 Å². The Morgan fingerprint density at radius 1 is 1.33 bits per heavy atom. The Kier molecular flexibility index (Phi) is 2.67. The highest BCUT2D eigenvalue weighted by molar-refractivity contribution is 5.54. The predicted octanol–water partition coefficient (Wildman–Crippen LogP) is 3.07. The Labute approximate surface area is 107 Å². The molecule has 0 saturated carbocycles. The lowest BCUT2D eigenvalue weighted by Crippen LogP contribution is -2.08. The number of rotatable bonds is 2. The van der Waals surface area contributed by atoms with Crippen molar-refractivity contribution in [2.24, 2.45) is 0 Å². The van der Waals surface area contributed by atoms with Crippen LogP contribution in [0.1, 0.15) is 29.2 Å². The molecule has 3 nitrogen and oxygen atoms in total. The van der Waals surface area contributed by atoms with E-state index in [1.165, 1.54) is 22.4 Å². The molecule has 0 fully saturated rings. The van der Waals surface area contributed by atoms with Gasteiger partial charge in [0, 0.05) is 23.8 Å². The minimum absolute atomic E-state index is 0.390. The summed E-state index contributed by atoms with van der Waals surface area (Å²) in [4.78, 5) is 4.12. The van der Waals surface area contributed by atoms with Gasteiger partial charge in [0.15, 0.2) is 0 Å². The molecule has 92 valence electrons. The Morgan fingerprint density at radius 2 is 2.22 bits per heavy atom. The molecule has 0 saturated heterocycles. The molecular weight excluding hydrogens is 222 g/mol. The summed E-state index contributed by atoms with van der Waals surface area (Å²) in [6.07, 6.45) is 5.94. The molecule has 1 aromatic heterocycles. The van der Waals surface area contributed by atoms with Crippen molar-refractivity contribution < 1.29 is 0 Å². The topological polar surface area (TPSA) is 50.9 Å². The first-order valence-corrected chi connectivity index (χ1v) is 6.29. The fourth-order valence-corrected chi connectivity index (χ4v) is 2.61. The first-order valence-electron chi connectivity index (χ1n) is 6.29. The van der Waals surface area contributed by atoms with E-state index < -0.39 is 0 Å². The molecule has 0 spiro atoms. The highest BCUT2D eigenvalue weighted by atomic mass is 14.9. The van der Waals surface area contributed by atoms with Gasteiger partial charge in [-0.15, -0.1) is 0 Å². The van der Waals surface area contributed by atoms with Crippen molar-refractivity contribution in [3.05, 3.63) is 53.3 Å². The number of nitrogens with one attached hydrogen (secondary N) is 1. The summed E-state index contributed by atoms with van der Waals surface area (Å²) in [6, 6.07) is 8.65. The maximum absolute atomic E-state index is 5.82. The lowest BCUT2D eigenvalue weighted by atomic mass is 10.1. The molecule has 2 aromatic rings. The van der Waals surface area contributed by atoms with Crippen molar-refractivity contribution in [3.8, 4) is 0 Å². The van der Waals surface area contributed by atoms with E-state index in [1.807, 2.05) is 24.5 Å². The van der Waals surface area contributed by atoms with E-state index in [1.54, 1.807) is 0 Å². The number of aromatic nitrogens is 1. The maximum Gasteiger partial charge on any atom is 0.0519 e. The number of hydrogen-bond donors (Lipinski definition) is 2. The number of fused-ring (bicyclic) bond motifs is 1. The maximum atomic E-state index is 5.82. The second-order valence-corrected chi connectivity index (χ2v) is 4.88. The monoisotopic (exact) mass is 239 g/mol. The fourth-order valence-electron chi connectivity index (χ4n) is 2.61. The van der Waals surface area contributed by atoms with Crippen LogP contribution in [0.4, 0.5) is 11.4 Å². The number of pyridine rings is 1. The highest BCUT2D eigenvalue weighted by Gasteiger charge is 2.22. The van der Waals surface area contributed by atoms with Crippen LogP contribution < -0.4 is 11.1 Å². The van der Waals surface area contributed by atoms with Gasteiger partial charge in [0.1, 0.15) is 0 Å². The van der Waals surface area contributed by atoms with Crippen LogP contribution in [0.3, 0.4) is 0 Å². The Morgan fingerprint density at radius 3 is 3.06 bits per heavy atom. The van der Waals surface area contributed by atoms with Gasteiger partial charge in [0.05, 0.1) is 6.04 Å². The van der Waals surface area contributed by atoms with Crippen molar-refractivity contribution in [1.82, 2.24) is 4.98 Å². The second kappa shape index (κ2) is 4.33. The van der Waals surface area contributed by atoms with E-state index in [9.17, 15) is 0 Å². The zero-order valence-corrected chi connectivity index (χ0v) is 10.5. The molecule has 1 unspecified atom stereocenters. The molecule has 0 bridgehead atoms. The van der Waals surface area contributed by atoms with E-state index in [4.69, 9.17) is 5.73 Å². The Balaban J connectivity index is 1.87. The first kappa shape index (κ1) is 11.1.